The number of nitrogens with zero attached hydrogens (tertiary/aromatic N) is 1. The van der Waals surface area contributed by atoms with Gasteiger partial charge in [-0.05, 0) is 38.8 Å². The third-order valence-electron chi connectivity index (χ3n) is 3.00. The molecule has 0 amide bonds. The van der Waals surface area contributed by atoms with E-state index in [1.54, 1.807) is 13.8 Å². The molecule has 1 N–H and O–H groups in total. The molecule has 0 spiro atoms. The van der Waals surface area contributed by atoms with Gasteiger partial charge in [-0.1, -0.05) is 13.3 Å². The first-order valence-corrected chi connectivity index (χ1v) is 7.97. The molecule has 0 aliphatic rings. The third-order valence-corrected chi connectivity index (χ3v) is 4.68. The quantitative estimate of drug-likeness (QED) is 0.645. The molecule has 0 fully saturated rings. The number of hydrogen-bond donors (Lipinski definition) is 1. The number of halogens is 1. The van der Waals surface area contributed by atoms with Gasteiger partial charge in [0.15, 0.2) is 0 Å². The molecule has 21 heavy (non-hydrogen) atoms. The molecular weight excluding hydrogens is 299 g/mol. The molecule has 1 aromatic rings. The van der Waals surface area contributed by atoms with Crippen LogP contribution in [-0.4, -0.2) is 18.9 Å². The highest BCUT2D eigenvalue weighted by molar-refractivity contribution is 7.89. The van der Waals surface area contributed by atoms with Crippen molar-refractivity contribution < 1.29 is 17.7 Å². The van der Waals surface area contributed by atoms with Gasteiger partial charge in [-0.2, -0.15) is 4.39 Å². The number of sulfonamides is 1. The van der Waals surface area contributed by atoms with Crippen LogP contribution in [0.2, 0.25) is 0 Å². The van der Waals surface area contributed by atoms with Crippen molar-refractivity contribution in [2.45, 2.75) is 51.0 Å². The number of nitro groups is 1. The molecule has 0 aliphatic carbocycles. The molecule has 0 saturated carbocycles. The average Bonchev–Trinajstić information content (AvgIpc) is 2.30. The van der Waals surface area contributed by atoms with Crippen molar-refractivity contribution in [2.75, 3.05) is 0 Å². The largest absolute Gasteiger partial charge is 0.306 e. The van der Waals surface area contributed by atoms with Gasteiger partial charge < -0.3 is 0 Å². The van der Waals surface area contributed by atoms with Gasteiger partial charge >= 0.3 is 5.69 Å². The number of benzene rings is 1. The second-order valence-electron chi connectivity index (χ2n) is 5.57. The zero-order valence-corrected chi connectivity index (χ0v) is 13.3. The Bertz CT molecular complexity index is 656. The lowest BCUT2D eigenvalue weighted by Gasteiger charge is -2.25. The molecule has 0 unspecified atom stereocenters. The first kappa shape index (κ1) is 17.5. The van der Waals surface area contributed by atoms with Crippen molar-refractivity contribution in [3.63, 3.8) is 0 Å². The van der Waals surface area contributed by atoms with Gasteiger partial charge in [0.05, 0.1) is 9.82 Å². The van der Waals surface area contributed by atoms with Crippen LogP contribution in [0, 0.1) is 22.9 Å². The Morgan fingerprint density at radius 3 is 2.43 bits per heavy atom. The van der Waals surface area contributed by atoms with E-state index < -0.39 is 32.0 Å². The highest BCUT2D eigenvalue weighted by atomic mass is 32.2. The number of hydrogen-bond acceptors (Lipinski definition) is 4. The smallest absolute Gasteiger partial charge is 0.258 e. The number of nitro benzene ring substituents is 1. The minimum absolute atomic E-state index is 0.0853. The van der Waals surface area contributed by atoms with Gasteiger partial charge in [0, 0.05) is 11.6 Å². The standard InChI is InChI=1S/C13H19FN2O4S/c1-5-6-13(3,4)15-21(19,20)10-7-9(2)12(14)11(8-10)16(17)18/h7-8,15H,5-6H2,1-4H3. The zero-order chi connectivity index (χ0) is 16.4. The topological polar surface area (TPSA) is 89.3 Å². The Hall–Kier alpha value is -1.54. The van der Waals surface area contributed by atoms with E-state index in [-0.39, 0.29) is 10.5 Å². The van der Waals surface area contributed by atoms with E-state index in [0.717, 1.165) is 18.6 Å². The van der Waals surface area contributed by atoms with Gasteiger partial charge in [0.1, 0.15) is 0 Å². The molecule has 0 saturated heterocycles. The van der Waals surface area contributed by atoms with Crippen LogP contribution >= 0.6 is 0 Å². The lowest BCUT2D eigenvalue weighted by Crippen LogP contribution is -2.43. The summed E-state index contributed by atoms with van der Waals surface area (Å²) in [7, 11) is -3.96. The number of rotatable bonds is 6. The maximum Gasteiger partial charge on any atom is 0.306 e. The van der Waals surface area contributed by atoms with E-state index in [4.69, 9.17) is 0 Å². The Morgan fingerprint density at radius 1 is 1.38 bits per heavy atom. The second kappa shape index (κ2) is 6.07. The molecule has 1 aromatic carbocycles. The van der Waals surface area contributed by atoms with E-state index in [0.29, 0.717) is 6.42 Å². The van der Waals surface area contributed by atoms with Gasteiger partial charge in [-0.15, -0.1) is 0 Å². The van der Waals surface area contributed by atoms with Crippen LogP contribution in [0.25, 0.3) is 0 Å². The number of aryl methyl sites for hydroxylation is 1. The summed E-state index contributed by atoms with van der Waals surface area (Å²) in [5, 5.41) is 10.8. The van der Waals surface area contributed by atoms with Crippen LogP contribution in [0.15, 0.2) is 17.0 Å². The molecule has 0 atom stereocenters. The first-order chi connectivity index (χ1) is 9.50. The van der Waals surface area contributed by atoms with Crippen LogP contribution in [0.5, 0.6) is 0 Å². The second-order valence-corrected chi connectivity index (χ2v) is 7.25. The summed E-state index contributed by atoms with van der Waals surface area (Å²) in [6.45, 7) is 6.65. The molecule has 0 heterocycles. The van der Waals surface area contributed by atoms with Crippen molar-refractivity contribution in [2.24, 2.45) is 0 Å². The van der Waals surface area contributed by atoms with Crippen molar-refractivity contribution >= 4 is 15.7 Å². The van der Waals surface area contributed by atoms with Gasteiger partial charge in [0.25, 0.3) is 0 Å². The lowest BCUT2D eigenvalue weighted by molar-refractivity contribution is -0.387. The van der Waals surface area contributed by atoms with Crippen LogP contribution in [0.1, 0.15) is 39.2 Å². The molecule has 118 valence electrons. The van der Waals surface area contributed by atoms with Gasteiger partial charge in [0.2, 0.25) is 15.8 Å². The van der Waals surface area contributed by atoms with Crippen molar-refractivity contribution in [3.05, 3.63) is 33.6 Å². The molecule has 0 aromatic heterocycles. The predicted octanol–water partition coefficient (Wildman–Crippen LogP) is 2.90. The third kappa shape index (κ3) is 4.21. The van der Waals surface area contributed by atoms with Crippen LogP contribution in [0.4, 0.5) is 10.1 Å². The molecular formula is C13H19FN2O4S. The Morgan fingerprint density at radius 2 is 1.95 bits per heavy atom. The summed E-state index contributed by atoms with van der Waals surface area (Å²) in [5.41, 5.74) is -1.62. The molecule has 1 rings (SSSR count). The normalized spacial score (nSPS) is 12.4. The van der Waals surface area contributed by atoms with E-state index >= 15 is 0 Å². The minimum Gasteiger partial charge on any atom is -0.258 e. The lowest BCUT2D eigenvalue weighted by atomic mass is 10.0. The van der Waals surface area contributed by atoms with E-state index in [1.807, 2.05) is 6.92 Å². The minimum atomic E-state index is -3.96. The van der Waals surface area contributed by atoms with E-state index in [1.165, 1.54) is 6.92 Å². The Kier molecular flexibility index (Phi) is 5.06. The maximum absolute atomic E-state index is 13.6. The number of nitrogens with one attached hydrogen (secondary N) is 1. The zero-order valence-electron chi connectivity index (χ0n) is 12.4. The maximum atomic E-state index is 13.6. The summed E-state index contributed by atoms with van der Waals surface area (Å²) >= 11 is 0. The monoisotopic (exact) mass is 318 g/mol. The van der Waals surface area contributed by atoms with E-state index in [9.17, 15) is 22.9 Å². The molecule has 6 nitrogen and oxygen atoms in total. The Labute approximate surface area is 123 Å². The Balaban J connectivity index is 3.30. The van der Waals surface area contributed by atoms with Gasteiger partial charge in [-0.25, -0.2) is 13.1 Å². The molecule has 0 radical (unpaired) electrons. The van der Waals surface area contributed by atoms with Crippen molar-refractivity contribution in [3.8, 4) is 0 Å². The van der Waals surface area contributed by atoms with Crippen molar-refractivity contribution in [1.29, 1.82) is 0 Å². The van der Waals surface area contributed by atoms with Crippen molar-refractivity contribution in [1.82, 2.24) is 4.72 Å². The van der Waals surface area contributed by atoms with Gasteiger partial charge in [-0.3, -0.25) is 10.1 Å². The van der Waals surface area contributed by atoms with Crippen LogP contribution in [0.3, 0.4) is 0 Å². The highest BCUT2D eigenvalue weighted by Crippen LogP contribution is 2.26. The molecule has 0 bridgehead atoms. The predicted molar refractivity (Wildman–Crippen MR) is 77.1 cm³/mol. The summed E-state index contributed by atoms with van der Waals surface area (Å²) in [6, 6.07) is 1.83. The molecule has 0 aliphatic heterocycles. The fourth-order valence-corrected chi connectivity index (χ4v) is 3.65. The summed E-state index contributed by atoms with van der Waals surface area (Å²) in [6.07, 6.45) is 1.38. The summed E-state index contributed by atoms with van der Waals surface area (Å²) in [5.74, 6) is -1.02. The fraction of sp³-hybridized carbons (Fsp3) is 0.538. The van der Waals surface area contributed by atoms with Crippen LogP contribution < -0.4 is 4.72 Å². The SMILES string of the molecule is CCCC(C)(C)NS(=O)(=O)c1cc(C)c(F)c([N+](=O)[O-])c1. The first-order valence-electron chi connectivity index (χ1n) is 6.48. The fourth-order valence-electron chi connectivity index (χ4n) is 2.11. The molecule has 8 heteroatoms. The summed E-state index contributed by atoms with van der Waals surface area (Å²) < 4.78 is 40.7. The average molecular weight is 318 g/mol. The highest BCUT2D eigenvalue weighted by Gasteiger charge is 2.28. The summed E-state index contributed by atoms with van der Waals surface area (Å²) in [4.78, 5) is 9.55. The van der Waals surface area contributed by atoms with E-state index in [2.05, 4.69) is 4.72 Å². The van der Waals surface area contributed by atoms with Crippen LogP contribution in [-0.2, 0) is 10.0 Å².